The molecule has 1 fully saturated rings. The number of rotatable bonds is 12. The second-order valence-electron chi connectivity index (χ2n) is 6.38. The average molecular weight is 454 g/mol. The number of H-pyrrole nitrogens is 1. The van der Waals surface area contributed by atoms with Gasteiger partial charge in [-0.05, 0) is 6.92 Å². The fourth-order valence-electron chi connectivity index (χ4n) is 2.77. The first-order valence-corrected chi connectivity index (χ1v) is 10.8. The first kappa shape index (κ1) is 24.5. The summed E-state index contributed by atoms with van der Waals surface area (Å²) in [6.07, 6.45) is 0.630. The molecule has 0 radical (unpaired) electrons. The molecule has 12 nitrogen and oxygen atoms in total. The highest BCUT2D eigenvalue weighted by molar-refractivity contribution is 7.48. The third-order valence-electron chi connectivity index (χ3n) is 4.22. The fourth-order valence-corrected chi connectivity index (χ4v) is 3.94. The number of phosphoric ester groups is 1. The molecule has 0 aromatic carbocycles. The maximum atomic E-state index is 12.8. The number of aromatic nitrogens is 2. The molecule has 0 amide bonds. The van der Waals surface area contributed by atoms with Crippen LogP contribution in [-0.2, 0) is 27.6 Å². The molecule has 2 rings (SSSR count). The lowest BCUT2D eigenvalue weighted by Crippen LogP contribution is -2.33. The summed E-state index contributed by atoms with van der Waals surface area (Å²) in [6.45, 7) is 11.1. The van der Waals surface area contributed by atoms with Gasteiger partial charge in [0.25, 0.3) is 5.56 Å². The number of nitrogens with one attached hydrogen (secondary N) is 1. The first-order valence-electron chi connectivity index (χ1n) is 9.31. The smallest absolute Gasteiger partial charge is 0.475 e. The molecule has 31 heavy (non-hydrogen) atoms. The molecule has 2 unspecified atom stereocenters. The predicted octanol–water partition coefficient (Wildman–Crippen LogP) is 1.65. The molecule has 0 spiro atoms. The molecule has 1 saturated heterocycles. The van der Waals surface area contributed by atoms with Gasteiger partial charge in [0.05, 0.1) is 32.0 Å². The second kappa shape index (κ2) is 11.6. The van der Waals surface area contributed by atoms with Gasteiger partial charge >= 0.3 is 13.5 Å². The Hall–Kier alpha value is -2.73. The molecule has 0 aliphatic carbocycles. The van der Waals surface area contributed by atoms with Gasteiger partial charge in [-0.3, -0.25) is 27.9 Å². The third-order valence-corrected chi connectivity index (χ3v) is 5.68. The van der Waals surface area contributed by atoms with Crippen molar-refractivity contribution in [2.75, 3.05) is 26.4 Å². The number of nitrogens with zero attached hydrogens (tertiary/aromatic N) is 3. The molecular formula is C18H23N4O8P. The summed E-state index contributed by atoms with van der Waals surface area (Å²) in [5.74, 6) is 0. The molecular weight excluding hydrogens is 431 g/mol. The molecule has 1 aliphatic heterocycles. The maximum absolute atomic E-state index is 12.8. The molecule has 168 valence electrons. The van der Waals surface area contributed by atoms with Gasteiger partial charge < -0.3 is 14.3 Å². The van der Waals surface area contributed by atoms with E-state index < -0.39 is 37.5 Å². The molecule has 13 heteroatoms. The Morgan fingerprint density at radius 2 is 2.19 bits per heavy atom. The quantitative estimate of drug-likeness (QED) is 0.215. The zero-order valence-electron chi connectivity index (χ0n) is 16.9. The van der Waals surface area contributed by atoms with Crippen molar-refractivity contribution in [3.05, 3.63) is 56.9 Å². The molecule has 1 aliphatic rings. The minimum Gasteiger partial charge on any atom is -0.496 e. The molecule has 1 aromatic heterocycles. The Kier molecular flexibility index (Phi) is 9.19. The van der Waals surface area contributed by atoms with Gasteiger partial charge in [-0.2, -0.15) is 5.26 Å². The number of aromatic amines is 1. The van der Waals surface area contributed by atoms with Crippen LogP contribution in [0.15, 0.2) is 28.6 Å². The van der Waals surface area contributed by atoms with Crippen molar-refractivity contribution in [1.29, 1.82) is 5.26 Å². The number of phosphoric acid groups is 1. The Morgan fingerprint density at radius 1 is 1.45 bits per heavy atom. The van der Waals surface area contributed by atoms with Gasteiger partial charge in [0.15, 0.2) is 0 Å². The predicted molar refractivity (Wildman–Crippen MR) is 107 cm³/mol. The summed E-state index contributed by atoms with van der Waals surface area (Å²) in [5.41, 5.74) is -0.815. The van der Waals surface area contributed by atoms with E-state index in [1.54, 1.807) is 6.92 Å². The van der Waals surface area contributed by atoms with Crippen molar-refractivity contribution in [2.45, 2.75) is 38.2 Å². The van der Waals surface area contributed by atoms with Crippen LogP contribution < -0.4 is 11.2 Å². The minimum absolute atomic E-state index is 0.0296. The summed E-state index contributed by atoms with van der Waals surface area (Å²) in [4.78, 5) is 29.1. The monoisotopic (exact) mass is 454 g/mol. The molecule has 1 N–H and O–H groups in total. The fraction of sp³-hybridized carbons (Fsp3) is 0.556. The summed E-state index contributed by atoms with van der Waals surface area (Å²) in [7, 11) is -4.06. The second-order valence-corrected chi connectivity index (χ2v) is 8.05. The number of hydrogen-bond acceptors (Lipinski definition) is 9. The van der Waals surface area contributed by atoms with E-state index in [0.29, 0.717) is 5.56 Å². The third kappa shape index (κ3) is 6.89. The highest BCUT2D eigenvalue weighted by Crippen LogP contribution is 2.50. The number of aryl methyl sites for hydroxylation is 1. The lowest BCUT2D eigenvalue weighted by molar-refractivity contribution is -0.0499. The Morgan fingerprint density at radius 3 is 2.87 bits per heavy atom. The number of ether oxygens (including phenoxy) is 2. The van der Waals surface area contributed by atoms with Crippen molar-refractivity contribution < 1.29 is 27.6 Å². The summed E-state index contributed by atoms with van der Waals surface area (Å²) in [5, 5.41) is 8.63. The zero-order valence-corrected chi connectivity index (χ0v) is 17.8. The van der Waals surface area contributed by atoms with Crippen LogP contribution in [0.1, 0.15) is 24.6 Å². The highest BCUT2D eigenvalue weighted by atomic mass is 31.2. The van der Waals surface area contributed by atoms with Crippen molar-refractivity contribution >= 4 is 7.82 Å². The van der Waals surface area contributed by atoms with Crippen LogP contribution in [0.3, 0.4) is 0 Å². The van der Waals surface area contributed by atoms with Crippen LogP contribution in [0.2, 0.25) is 0 Å². The SMILES string of the molecule is [C-]#[N+]CCOP(=O)(OCCC#N)OC[C@H]1O[C@@H](n2cc(C)c(=O)[nH]c2=O)CC1OC=C. The lowest BCUT2D eigenvalue weighted by Gasteiger charge is -2.21. The van der Waals surface area contributed by atoms with Crippen molar-refractivity contribution in [3.63, 3.8) is 0 Å². The van der Waals surface area contributed by atoms with E-state index in [0.717, 1.165) is 0 Å². The van der Waals surface area contributed by atoms with Crippen molar-refractivity contribution in [3.8, 4) is 6.07 Å². The number of nitriles is 1. The topological polar surface area (TPSA) is 146 Å². The van der Waals surface area contributed by atoms with E-state index in [2.05, 4.69) is 16.4 Å². The molecule has 2 heterocycles. The van der Waals surface area contributed by atoms with Gasteiger partial charge in [-0.1, -0.05) is 6.58 Å². The average Bonchev–Trinajstić information content (AvgIpc) is 3.13. The normalized spacial score (nSPS) is 22.2. The Balaban J connectivity index is 2.12. The van der Waals surface area contributed by atoms with Gasteiger partial charge in [-0.25, -0.2) is 15.9 Å². The van der Waals surface area contributed by atoms with Gasteiger partial charge in [-0.15, -0.1) is 0 Å². The minimum atomic E-state index is -4.06. The van der Waals surface area contributed by atoms with E-state index >= 15 is 0 Å². The lowest BCUT2D eigenvalue weighted by atomic mass is 10.2. The van der Waals surface area contributed by atoms with Crippen LogP contribution in [0.5, 0.6) is 0 Å². The first-order chi connectivity index (χ1) is 14.8. The van der Waals surface area contributed by atoms with Crippen molar-refractivity contribution in [2.24, 2.45) is 0 Å². The van der Waals surface area contributed by atoms with Crippen molar-refractivity contribution in [1.82, 2.24) is 9.55 Å². The van der Waals surface area contributed by atoms with E-state index in [1.807, 2.05) is 6.07 Å². The van der Waals surface area contributed by atoms with Gasteiger partial charge in [0.1, 0.15) is 25.0 Å². The van der Waals surface area contributed by atoms with Crippen LogP contribution in [0, 0.1) is 24.8 Å². The molecule has 0 saturated carbocycles. The molecule has 4 atom stereocenters. The maximum Gasteiger partial charge on any atom is 0.475 e. The van der Waals surface area contributed by atoms with E-state index in [9.17, 15) is 14.2 Å². The highest BCUT2D eigenvalue weighted by Gasteiger charge is 2.40. The summed E-state index contributed by atoms with van der Waals surface area (Å²) >= 11 is 0. The van der Waals surface area contributed by atoms with E-state index in [4.69, 9.17) is 34.9 Å². The Labute approximate surface area is 178 Å². The van der Waals surface area contributed by atoms with Gasteiger partial charge in [0.2, 0.25) is 6.54 Å². The largest absolute Gasteiger partial charge is 0.496 e. The van der Waals surface area contributed by atoms with Crippen LogP contribution in [-0.4, -0.2) is 48.1 Å². The van der Waals surface area contributed by atoms with E-state index in [-0.39, 0.29) is 39.2 Å². The van der Waals surface area contributed by atoms with Crippen LogP contribution in [0.25, 0.3) is 4.85 Å². The van der Waals surface area contributed by atoms with Crippen LogP contribution in [0.4, 0.5) is 0 Å². The zero-order chi connectivity index (χ0) is 22.9. The Bertz CT molecular complexity index is 984. The number of hydrogen-bond donors (Lipinski definition) is 1. The van der Waals surface area contributed by atoms with E-state index in [1.165, 1.54) is 17.0 Å². The standard InChI is InChI=1S/C18H23N4O8P/c1-4-26-14-10-16(22-11-13(2)17(23)21-18(22)24)30-15(14)12-29-31(25,27-8-5-6-19)28-9-7-20-3/h4,11,14-16H,1,5,7-10,12H2,2H3,(H,21,23,24)/t14?,15-,16-,31?/m1/s1. The van der Waals surface area contributed by atoms with Crippen LogP contribution >= 0.6 is 7.82 Å². The van der Waals surface area contributed by atoms with Gasteiger partial charge in [0, 0.05) is 18.2 Å². The summed E-state index contributed by atoms with van der Waals surface area (Å²) < 4.78 is 40.9. The molecule has 1 aromatic rings. The molecule has 0 bridgehead atoms. The summed E-state index contributed by atoms with van der Waals surface area (Å²) in [6, 6.07) is 1.85.